The van der Waals surface area contributed by atoms with Crippen molar-refractivity contribution in [3.63, 3.8) is 0 Å². The van der Waals surface area contributed by atoms with Gasteiger partial charge >= 0.3 is 0 Å². The smallest absolute Gasteiger partial charge is 0.210 e. The molecule has 0 aliphatic carbocycles. The molecule has 5 nitrogen and oxygen atoms in total. The number of benzene rings is 5. The van der Waals surface area contributed by atoms with Gasteiger partial charge in [-0.25, -0.2) is 13.4 Å². The van der Waals surface area contributed by atoms with E-state index in [1.165, 1.54) is 16.9 Å². The second-order valence-corrected chi connectivity index (χ2v) is 11.4. The average Bonchev–Trinajstić information content (AvgIpc) is 3.44. The maximum Gasteiger partial charge on any atom is 0.210 e. The quantitative estimate of drug-likeness (QED) is 0.241. The first-order chi connectivity index (χ1) is 18.1. The predicted octanol–water partition coefficient (Wildman–Crippen LogP) is 7.64. The predicted molar refractivity (Wildman–Crippen MR) is 148 cm³/mol. The van der Waals surface area contributed by atoms with Crippen molar-refractivity contribution in [1.82, 2.24) is 9.36 Å². The molecule has 0 N–H and O–H groups in total. The summed E-state index contributed by atoms with van der Waals surface area (Å²) in [6.45, 7) is 0. The van der Waals surface area contributed by atoms with Crippen molar-refractivity contribution in [2.45, 2.75) is 9.79 Å². The normalized spacial score (nSPS) is 13.8. The molecule has 0 saturated heterocycles. The Balaban J connectivity index is 1.32. The van der Waals surface area contributed by atoms with Crippen LogP contribution in [0.25, 0.3) is 32.7 Å². The summed E-state index contributed by atoms with van der Waals surface area (Å²) in [5, 5.41) is 3.13. The number of para-hydroxylation sites is 2. The summed E-state index contributed by atoms with van der Waals surface area (Å²) in [4.78, 5) is 7.45. The van der Waals surface area contributed by atoms with Gasteiger partial charge in [0, 0.05) is 16.8 Å². The third-order valence-corrected chi connectivity index (χ3v) is 9.19. The van der Waals surface area contributed by atoms with Gasteiger partial charge in [-0.05, 0) is 64.8 Å². The molecule has 5 aromatic carbocycles. The number of rotatable bonds is 3. The Morgan fingerprint density at radius 1 is 0.622 bits per heavy atom. The van der Waals surface area contributed by atoms with E-state index in [0.717, 1.165) is 27.2 Å². The topological polar surface area (TPSA) is 63.2 Å². The molecule has 1 aliphatic heterocycles. The lowest BCUT2D eigenvalue weighted by molar-refractivity contribution is 0.595. The van der Waals surface area contributed by atoms with Gasteiger partial charge in [-0.3, -0.25) is 0 Å². The summed E-state index contributed by atoms with van der Waals surface area (Å²) in [5.74, 6) is 0.691. The van der Waals surface area contributed by atoms with E-state index in [9.17, 15) is 8.42 Å². The fourth-order valence-corrected chi connectivity index (χ4v) is 7.13. The Kier molecular flexibility index (Phi) is 4.96. The lowest BCUT2D eigenvalue weighted by Gasteiger charge is -2.33. The van der Waals surface area contributed by atoms with E-state index < -0.39 is 9.84 Å². The van der Waals surface area contributed by atoms with Crippen LogP contribution in [0.15, 0.2) is 125 Å². The molecule has 0 saturated carbocycles. The number of anilines is 3. The second-order valence-electron chi connectivity index (χ2n) is 8.81. The van der Waals surface area contributed by atoms with Crippen molar-refractivity contribution in [3.05, 3.63) is 115 Å². The van der Waals surface area contributed by atoms with Crippen LogP contribution in [-0.4, -0.2) is 17.8 Å². The average molecular weight is 518 g/mol. The standard InChI is InChI=1S/C30H19N3O2S2/c34-37(35)27-14-5-3-12-25(27)33(26-13-4-6-15-28(26)37)24-11-7-10-23(19-24)30-31-29(32-36-30)22-17-16-20-8-1-2-9-21(20)18-22/h1-19H. The van der Waals surface area contributed by atoms with E-state index in [0.29, 0.717) is 27.0 Å². The van der Waals surface area contributed by atoms with Crippen molar-refractivity contribution in [1.29, 1.82) is 0 Å². The van der Waals surface area contributed by atoms with Gasteiger partial charge in [-0.1, -0.05) is 72.8 Å². The molecular formula is C30H19N3O2S2. The van der Waals surface area contributed by atoms with Crippen molar-refractivity contribution >= 4 is 49.2 Å². The van der Waals surface area contributed by atoms with E-state index in [1.807, 2.05) is 71.6 Å². The molecule has 7 heteroatoms. The molecule has 0 bridgehead atoms. The number of fused-ring (bicyclic) bond motifs is 3. The number of sulfone groups is 1. The van der Waals surface area contributed by atoms with Crippen LogP contribution in [0.5, 0.6) is 0 Å². The first-order valence-corrected chi connectivity index (χ1v) is 14.0. The van der Waals surface area contributed by atoms with E-state index in [-0.39, 0.29) is 0 Å². The molecular weight excluding hydrogens is 498 g/mol. The van der Waals surface area contributed by atoms with Crippen LogP contribution in [0.2, 0.25) is 0 Å². The van der Waals surface area contributed by atoms with E-state index in [2.05, 4.69) is 28.6 Å². The minimum absolute atomic E-state index is 0.300. The summed E-state index contributed by atoms with van der Waals surface area (Å²) in [6.07, 6.45) is 0. The highest BCUT2D eigenvalue weighted by Crippen LogP contribution is 2.48. The Labute approximate surface area is 218 Å². The molecule has 1 aromatic heterocycles. The number of aromatic nitrogens is 2. The van der Waals surface area contributed by atoms with Crippen molar-refractivity contribution in [3.8, 4) is 22.0 Å². The molecule has 0 atom stereocenters. The highest BCUT2D eigenvalue weighted by Gasteiger charge is 2.34. The molecule has 178 valence electrons. The van der Waals surface area contributed by atoms with Gasteiger partial charge in [-0.15, -0.1) is 0 Å². The van der Waals surface area contributed by atoms with Crippen LogP contribution in [0.4, 0.5) is 17.1 Å². The largest absolute Gasteiger partial charge is 0.308 e. The molecule has 0 unspecified atom stereocenters. The van der Waals surface area contributed by atoms with Crippen LogP contribution < -0.4 is 4.90 Å². The maximum absolute atomic E-state index is 13.3. The van der Waals surface area contributed by atoms with Crippen LogP contribution >= 0.6 is 11.5 Å². The zero-order chi connectivity index (χ0) is 25.0. The van der Waals surface area contributed by atoms with Gasteiger partial charge in [0.2, 0.25) is 9.84 Å². The molecule has 0 radical (unpaired) electrons. The molecule has 0 spiro atoms. The van der Waals surface area contributed by atoms with Gasteiger partial charge in [0.05, 0.1) is 21.2 Å². The first kappa shape index (κ1) is 21.9. The fraction of sp³-hybridized carbons (Fsp3) is 0. The molecule has 6 aromatic rings. The number of hydrogen-bond acceptors (Lipinski definition) is 6. The van der Waals surface area contributed by atoms with Crippen LogP contribution in [-0.2, 0) is 9.84 Å². The van der Waals surface area contributed by atoms with Crippen LogP contribution in [0.1, 0.15) is 0 Å². The van der Waals surface area contributed by atoms with Gasteiger partial charge in [-0.2, -0.15) is 4.37 Å². The van der Waals surface area contributed by atoms with Gasteiger partial charge in [0.15, 0.2) is 5.82 Å². The second kappa shape index (κ2) is 8.37. The Hall–Kier alpha value is -4.33. The van der Waals surface area contributed by atoms with Crippen molar-refractivity contribution in [2.24, 2.45) is 0 Å². The molecule has 37 heavy (non-hydrogen) atoms. The van der Waals surface area contributed by atoms with Crippen molar-refractivity contribution in [2.75, 3.05) is 4.90 Å². The molecule has 2 heterocycles. The maximum atomic E-state index is 13.3. The third-order valence-electron chi connectivity index (χ3n) is 6.58. The van der Waals surface area contributed by atoms with Crippen molar-refractivity contribution < 1.29 is 8.42 Å². The first-order valence-electron chi connectivity index (χ1n) is 11.8. The highest BCUT2D eigenvalue weighted by atomic mass is 32.2. The Morgan fingerprint density at radius 2 is 1.30 bits per heavy atom. The highest BCUT2D eigenvalue weighted by molar-refractivity contribution is 7.92. The zero-order valence-corrected chi connectivity index (χ0v) is 21.1. The lowest BCUT2D eigenvalue weighted by Crippen LogP contribution is -2.22. The Bertz CT molecular complexity index is 1880. The summed E-state index contributed by atoms with van der Waals surface area (Å²) in [6, 6.07) is 36.7. The fourth-order valence-electron chi connectivity index (χ4n) is 4.83. The summed E-state index contributed by atoms with van der Waals surface area (Å²) in [5.41, 5.74) is 4.02. The van der Waals surface area contributed by atoms with Crippen LogP contribution in [0.3, 0.4) is 0 Å². The summed E-state index contributed by atoms with van der Waals surface area (Å²) < 4.78 is 31.3. The van der Waals surface area contributed by atoms with Gasteiger partial charge < -0.3 is 4.90 Å². The van der Waals surface area contributed by atoms with E-state index in [1.54, 1.807) is 24.3 Å². The van der Waals surface area contributed by atoms with Gasteiger partial charge in [0.25, 0.3) is 0 Å². The van der Waals surface area contributed by atoms with Crippen LogP contribution in [0, 0.1) is 0 Å². The number of hydrogen-bond donors (Lipinski definition) is 0. The molecule has 0 amide bonds. The van der Waals surface area contributed by atoms with E-state index >= 15 is 0 Å². The Morgan fingerprint density at radius 3 is 2.05 bits per heavy atom. The summed E-state index contributed by atoms with van der Waals surface area (Å²) in [7, 11) is -3.61. The molecule has 0 fully saturated rings. The zero-order valence-electron chi connectivity index (χ0n) is 19.4. The van der Waals surface area contributed by atoms with E-state index in [4.69, 9.17) is 4.98 Å². The minimum atomic E-state index is -3.61. The SMILES string of the molecule is O=S1(=O)c2ccccc2N(c2cccc(-c3nc(-c4ccc5ccccc5c4)ns3)c2)c2ccccc21. The lowest BCUT2D eigenvalue weighted by atomic mass is 10.1. The number of nitrogens with zero attached hydrogens (tertiary/aromatic N) is 3. The minimum Gasteiger partial charge on any atom is -0.308 e. The third kappa shape index (κ3) is 3.55. The molecule has 1 aliphatic rings. The summed E-state index contributed by atoms with van der Waals surface area (Å²) >= 11 is 1.35. The molecule has 7 rings (SSSR count). The monoisotopic (exact) mass is 517 g/mol. The van der Waals surface area contributed by atoms with Gasteiger partial charge in [0.1, 0.15) is 5.01 Å².